The number of aromatic amines is 1. The van der Waals surface area contributed by atoms with Gasteiger partial charge in [-0.1, -0.05) is 13.8 Å². The van der Waals surface area contributed by atoms with Crippen molar-refractivity contribution in [3.63, 3.8) is 0 Å². The van der Waals surface area contributed by atoms with Crippen LogP contribution >= 0.6 is 11.3 Å². The van der Waals surface area contributed by atoms with Gasteiger partial charge in [0.05, 0.1) is 11.6 Å². The number of H-pyrrole nitrogens is 1. The van der Waals surface area contributed by atoms with Crippen LogP contribution in [-0.2, 0) is 0 Å². The molecular weight excluding hydrogens is 360 g/mol. The maximum Gasteiger partial charge on any atom is 0.270 e. The summed E-state index contributed by atoms with van der Waals surface area (Å²) in [5.74, 6) is -0.176. The lowest BCUT2D eigenvalue weighted by Gasteiger charge is -2.29. The molecule has 1 unspecified atom stereocenters. The third-order valence-corrected chi connectivity index (χ3v) is 5.91. The third-order valence-electron chi connectivity index (χ3n) is 5.21. The zero-order valence-electron chi connectivity index (χ0n) is 16.0. The number of hydrogen-bond donors (Lipinski definition) is 2. The lowest BCUT2D eigenvalue weighted by atomic mass is 10.1. The molecule has 2 aromatic rings. The predicted molar refractivity (Wildman–Crippen MR) is 108 cm³/mol. The Hall–Kier alpha value is -2.12. The van der Waals surface area contributed by atoms with E-state index in [-0.39, 0.29) is 17.9 Å². The van der Waals surface area contributed by atoms with Gasteiger partial charge in [-0.15, -0.1) is 0 Å². The summed E-state index contributed by atoms with van der Waals surface area (Å²) in [5.41, 5.74) is 2.21. The second kappa shape index (κ2) is 9.19. The van der Waals surface area contributed by atoms with Crippen molar-refractivity contribution in [3.8, 4) is 0 Å². The van der Waals surface area contributed by atoms with Gasteiger partial charge in [-0.05, 0) is 54.4 Å². The van der Waals surface area contributed by atoms with Crippen molar-refractivity contribution >= 4 is 23.2 Å². The Morgan fingerprint density at radius 3 is 2.67 bits per heavy atom. The number of rotatable bonds is 8. The van der Waals surface area contributed by atoms with Gasteiger partial charge in [0.2, 0.25) is 0 Å². The SMILES string of the molecule is CCN(CC)C(CNC(=O)c1c[nH]c(C(=O)N2CCCC2)c1)c1ccsc1. The van der Waals surface area contributed by atoms with Crippen molar-refractivity contribution in [2.24, 2.45) is 0 Å². The highest BCUT2D eigenvalue weighted by Crippen LogP contribution is 2.22. The quantitative estimate of drug-likeness (QED) is 0.730. The highest BCUT2D eigenvalue weighted by atomic mass is 32.1. The molecular formula is C20H28N4O2S. The largest absolute Gasteiger partial charge is 0.356 e. The van der Waals surface area contributed by atoms with Crippen LogP contribution in [0.4, 0.5) is 0 Å². The van der Waals surface area contributed by atoms with E-state index < -0.39 is 0 Å². The molecule has 2 aromatic heterocycles. The minimum Gasteiger partial charge on any atom is -0.356 e. The fraction of sp³-hybridized carbons (Fsp3) is 0.500. The summed E-state index contributed by atoms with van der Waals surface area (Å²) in [6, 6.07) is 3.93. The summed E-state index contributed by atoms with van der Waals surface area (Å²) in [5, 5.41) is 7.24. The smallest absolute Gasteiger partial charge is 0.270 e. The molecule has 0 aliphatic carbocycles. The van der Waals surface area contributed by atoms with E-state index in [0.29, 0.717) is 17.8 Å². The summed E-state index contributed by atoms with van der Waals surface area (Å²) in [7, 11) is 0. The lowest BCUT2D eigenvalue weighted by molar-refractivity contribution is 0.0787. The normalized spacial score (nSPS) is 15.3. The number of amides is 2. The number of hydrogen-bond acceptors (Lipinski definition) is 4. The molecule has 3 heterocycles. The molecule has 0 radical (unpaired) electrons. The van der Waals surface area contributed by atoms with Crippen LogP contribution in [-0.4, -0.2) is 59.3 Å². The summed E-state index contributed by atoms with van der Waals surface area (Å²) < 4.78 is 0. The van der Waals surface area contributed by atoms with Gasteiger partial charge >= 0.3 is 0 Å². The number of nitrogens with one attached hydrogen (secondary N) is 2. The molecule has 1 saturated heterocycles. The van der Waals surface area contributed by atoms with Crippen LogP contribution in [0.15, 0.2) is 29.1 Å². The first-order chi connectivity index (χ1) is 13.1. The van der Waals surface area contributed by atoms with Gasteiger partial charge in [-0.2, -0.15) is 11.3 Å². The van der Waals surface area contributed by atoms with E-state index in [0.717, 1.165) is 39.0 Å². The fourth-order valence-corrected chi connectivity index (χ4v) is 4.32. The Morgan fingerprint density at radius 1 is 1.30 bits per heavy atom. The highest BCUT2D eigenvalue weighted by molar-refractivity contribution is 7.07. The fourth-order valence-electron chi connectivity index (χ4n) is 3.62. The average Bonchev–Trinajstić information content (AvgIpc) is 3.45. The van der Waals surface area contributed by atoms with E-state index in [1.807, 2.05) is 4.90 Å². The van der Waals surface area contributed by atoms with E-state index in [9.17, 15) is 9.59 Å². The monoisotopic (exact) mass is 388 g/mol. The number of aromatic nitrogens is 1. The van der Waals surface area contributed by atoms with Gasteiger partial charge in [0.1, 0.15) is 5.69 Å². The van der Waals surface area contributed by atoms with Crippen molar-refractivity contribution in [3.05, 3.63) is 45.9 Å². The summed E-state index contributed by atoms with van der Waals surface area (Å²) >= 11 is 1.67. The first-order valence-corrected chi connectivity index (χ1v) is 10.6. The molecule has 0 saturated carbocycles. The van der Waals surface area contributed by atoms with Gasteiger partial charge in [0, 0.05) is 25.8 Å². The number of thiophene rings is 1. The number of carbonyl (C=O) groups is 2. The van der Waals surface area contributed by atoms with Crippen molar-refractivity contribution in [1.29, 1.82) is 0 Å². The summed E-state index contributed by atoms with van der Waals surface area (Å²) in [6.07, 6.45) is 3.72. The molecule has 6 nitrogen and oxygen atoms in total. The third kappa shape index (κ3) is 4.59. The van der Waals surface area contributed by atoms with Crippen LogP contribution < -0.4 is 5.32 Å². The molecule has 0 spiro atoms. The molecule has 0 aromatic carbocycles. The maximum absolute atomic E-state index is 12.6. The number of carbonyl (C=O) groups excluding carboxylic acids is 2. The molecule has 1 atom stereocenters. The van der Waals surface area contributed by atoms with Crippen LogP contribution in [0.1, 0.15) is 59.1 Å². The standard InChI is InChI=1S/C20H28N4O2S/c1-3-23(4-2)18(15-7-10-27-14-15)13-22-19(25)16-11-17(21-12-16)20(26)24-8-5-6-9-24/h7,10-12,14,18,21H,3-6,8-9,13H2,1-2H3,(H,22,25). The zero-order valence-corrected chi connectivity index (χ0v) is 16.8. The molecule has 2 amide bonds. The molecule has 3 rings (SSSR count). The number of likely N-dealkylation sites (N-methyl/N-ethyl adjacent to an activating group) is 1. The Labute approximate surface area is 164 Å². The molecule has 1 aliphatic rings. The van der Waals surface area contributed by atoms with Crippen LogP contribution in [0.5, 0.6) is 0 Å². The predicted octanol–water partition coefficient (Wildman–Crippen LogP) is 3.13. The number of nitrogens with zero attached hydrogens (tertiary/aromatic N) is 2. The van der Waals surface area contributed by atoms with Crippen molar-refractivity contribution in [1.82, 2.24) is 20.1 Å². The highest BCUT2D eigenvalue weighted by Gasteiger charge is 2.23. The minimum absolute atomic E-state index is 0.0224. The van der Waals surface area contributed by atoms with E-state index >= 15 is 0 Å². The van der Waals surface area contributed by atoms with E-state index in [1.54, 1.807) is 23.6 Å². The maximum atomic E-state index is 12.6. The Morgan fingerprint density at radius 2 is 2.04 bits per heavy atom. The second-order valence-electron chi connectivity index (χ2n) is 6.81. The first-order valence-electron chi connectivity index (χ1n) is 9.66. The van der Waals surface area contributed by atoms with Crippen LogP contribution in [0.2, 0.25) is 0 Å². The van der Waals surface area contributed by atoms with Crippen LogP contribution in [0.3, 0.4) is 0 Å². The Kier molecular flexibility index (Phi) is 6.68. The van der Waals surface area contributed by atoms with Crippen LogP contribution in [0.25, 0.3) is 0 Å². The van der Waals surface area contributed by atoms with Crippen LogP contribution in [0, 0.1) is 0 Å². The molecule has 27 heavy (non-hydrogen) atoms. The lowest BCUT2D eigenvalue weighted by Crippen LogP contribution is -2.37. The molecule has 1 aliphatic heterocycles. The molecule has 2 N–H and O–H groups in total. The first kappa shape index (κ1) is 19.6. The Balaban J connectivity index is 1.63. The van der Waals surface area contributed by atoms with Gasteiger partial charge in [0.25, 0.3) is 11.8 Å². The second-order valence-corrected chi connectivity index (χ2v) is 7.59. The Bertz CT molecular complexity index is 746. The van der Waals surface area contributed by atoms with E-state index in [4.69, 9.17) is 0 Å². The van der Waals surface area contributed by atoms with Gasteiger partial charge < -0.3 is 15.2 Å². The molecule has 146 valence electrons. The summed E-state index contributed by atoms with van der Waals surface area (Å²) in [4.78, 5) is 32.2. The molecule has 1 fully saturated rings. The molecule has 7 heteroatoms. The van der Waals surface area contributed by atoms with Crippen molar-refractivity contribution < 1.29 is 9.59 Å². The van der Waals surface area contributed by atoms with E-state index in [2.05, 4.69) is 45.9 Å². The van der Waals surface area contributed by atoms with Gasteiger partial charge in [0.15, 0.2) is 0 Å². The zero-order chi connectivity index (χ0) is 19.2. The topological polar surface area (TPSA) is 68.4 Å². The van der Waals surface area contributed by atoms with E-state index in [1.165, 1.54) is 5.56 Å². The molecule has 0 bridgehead atoms. The minimum atomic E-state index is -0.154. The van der Waals surface area contributed by atoms with Gasteiger partial charge in [-0.3, -0.25) is 14.5 Å². The summed E-state index contributed by atoms with van der Waals surface area (Å²) in [6.45, 7) is 8.24. The number of likely N-dealkylation sites (tertiary alicyclic amines) is 1. The van der Waals surface area contributed by atoms with Crippen molar-refractivity contribution in [2.45, 2.75) is 32.7 Å². The van der Waals surface area contributed by atoms with Gasteiger partial charge in [-0.25, -0.2) is 0 Å². The van der Waals surface area contributed by atoms with Crippen molar-refractivity contribution in [2.75, 3.05) is 32.7 Å². The average molecular weight is 389 g/mol.